The molecule has 0 saturated heterocycles. The summed E-state index contributed by atoms with van der Waals surface area (Å²) in [4.78, 5) is 4.21. The van der Waals surface area contributed by atoms with Crippen LogP contribution in [0.25, 0.3) is 5.65 Å². The summed E-state index contributed by atoms with van der Waals surface area (Å²) in [7, 11) is -3.83. The van der Waals surface area contributed by atoms with Crippen LogP contribution < -0.4 is 5.14 Å². The summed E-state index contributed by atoms with van der Waals surface area (Å²) >= 11 is 1.42. The molecule has 0 atom stereocenters. The van der Waals surface area contributed by atoms with Crippen LogP contribution in [0.5, 0.6) is 0 Å². The number of rotatable bonds is 3. The minimum atomic E-state index is -3.83. The minimum Gasteiger partial charge on any atom is -0.231 e. The first-order valence-electron chi connectivity index (χ1n) is 4.92. The Morgan fingerprint density at radius 3 is 2.71 bits per heavy atom. The predicted molar refractivity (Wildman–Crippen MR) is 65.5 cm³/mol. The Morgan fingerprint density at radius 2 is 2.18 bits per heavy atom. The highest BCUT2D eigenvalue weighted by Gasteiger charge is 2.21. The van der Waals surface area contributed by atoms with Crippen LogP contribution in [0.2, 0.25) is 0 Å². The molecule has 8 heteroatoms. The van der Waals surface area contributed by atoms with Gasteiger partial charge in [0.2, 0.25) is 0 Å². The van der Waals surface area contributed by atoms with Crippen LogP contribution in [-0.4, -0.2) is 29.3 Å². The Morgan fingerprint density at radius 1 is 1.47 bits per heavy atom. The molecule has 0 bridgehead atoms. The first-order chi connectivity index (χ1) is 7.97. The Hall–Kier alpha value is -1.12. The number of aryl methyl sites for hydroxylation is 1. The number of nitrogens with two attached hydrogens (primary N) is 1. The Labute approximate surface area is 103 Å². The number of primary sulfonamides is 1. The molecule has 0 aliphatic carbocycles. The van der Waals surface area contributed by atoms with E-state index in [0.717, 1.165) is 0 Å². The van der Waals surface area contributed by atoms with Crippen molar-refractivity contribution < 1.29 is 8.42 Å². The molecule has 0 fully saturated rings. The fourth-order valence-electron chi connectivity index (χ4n) is 1.57. The summed E-state index contributed by atoms with van der Waals surface area (Å²) in [5.74, 6) is 0. The average Bonchev–Trinajstić information content (AvgIpc) is 2.65. The van der Waals surface area contributed by atoms with Gasteiger partial charge in [0.05, 0.1) is 5.69 Å². The maximum Gasteiger partial charge on any atom is 0.257 e. The smallest absolute Gasteiger partial charge is 0.231 e. The van der Waals surface area contributed by atoms with E-state index >= 15 is 0 Å². The molecule has 0 aliphatic heterocycles. The molecule has 2 rings (SSSR count). The van der Waals surface area contributed by atoms with Crippen molar-refractivity contribution in [2.24, 2.45) is 5.14 Å². The number of aromatic nitrogens is 3. The molecule has 92 valence electrons. The summed E-state index contributed by atoms with van der Waals surface area (Å²) in [6, 6.07) is 3.52. The third kappa shape index (κ3) is 2.15. The first-order valence-corrected chi connectivity index (χ1v) is 7.70. The number of imidazole rings is 1. The van der Waals surface area contributed by atoms with Crippen LogP contribution in [0.3, 0.4) is 0 Å². The van der Waals surface area contributed by atoms with Gasteiger partial charge in [-0.2, -0.15) is 9.61 Å². The summed E-state index contributed by atoms with van der Waals surface area (Å²) in [6.45, 7) is 1.83. The lowest BCUT2D eigenvalue weighted by atomic mass is 10.4. The lowest BCUT2D eigenvalue weighted by Crippen LogP contribution is -2.17. The summed E-state index contributed by atoms with van der Waals surface area (Å²) < 4.78 is 24.4. The molecule has 0 saturated carbocycles. The number of nitrogens with zero attached hydrogens (tertiary/aromatic N) is 3. The van der Waals surface area contributed by atoms with E-state index in [-0.39, 0.29) is 5.03 Å². The molecule has 6 nitrogen and oxygen atoms in total. The third-order valence-electron chi connectivity index (χ3n) is 2.29. The highest BCUT2D eigenvalue weighted by molar-refractivity contribution is 7.98. The van der Waals surface area contributed by atoms with E-state index < -0.39 is 10.0 Å². The predicted octanol–water partition coefficient (Wildman–Crippen LogP) is 0.661. The van der Waals surface area contributed by atoms with Crippen molar-refractivity contribution in [2.75, 3.05) is 6.26 Å². The van der Waals surface area contributed by atoms with Gasteiger partial charge in [-0.15, -0.1) is 11.8 Å². The first kappa shape index (κ1) is 12.3. The fourth-order valence-corrected chi connectivity index (χ4v) is 2.83. The van der Waals surface area contributed by atoms with E-state index in [1.165, 1.54) is 16.3 Å². The molecular weight excluding hydrogens is 260 g/mol. The molecule has 17 heavy (non-hydrogen) atoms. The number of fused-ring (bicyclic) bond motifs is 1. The summed E-state index contributed by atoms with van der Waals surface area (Å²) in [5, 5.41) is 10.1. The summed E-state index contributed by atoms with van der Waals surface area (Å²) in [5.41, 5.74) is 0.932. The van der Waals surface area contributed by atoms with E-state index in [1.54, 1.807) is 12.1 Å². The largest absolute Gasteiger partial charge is 0.257 e. The SMILES string of the molecule is CCc1nc2ccc(SC)nn2c1S(N)(=O)=O. The van der Waals surface area contributed by atoms with E-state index in [2.05, 4.69) is 10.1 Å². The molecule has 2 N–H and O–H groups in total. The van der Waals surface area contributed by atoms with Gasteiger partial charge < -0.3 is 0 Å². The van der Waals surface area contributed by atoms with Gasteiger partial charge in [-0.3, -0.25) is 0 Å². The van der Waals surface area contributed by atoms with Crippen LogP contribution in [0.1, 0.15) is 12.6 Å². The normalized spacial score (nSPS) is 12.2. The van der Waals surface area contributed by atoms with Crippen LogP contribution in [0.4, 0.5) is 0 Å². The van der Waals surface area contributed by atoms with Crippen molar-refractivity contribution in [1.82, 2.24) is 14.6 Å². The molecule has 2 heterocycles. The van der Waals surface area contributed by atoms with Crippen molar-refractivity contribution in [3.63, 3.8) is 0 Å². The molecule has 0 radical (unpaired) electrons. The average molecular weight is 272 g/mol. The monoisotopic (exact) mass is 272 g/mol. The van der Waals surface area contributed by atoms with Gasteiger partial charge in [0.25, 0.3) is 10.0 Å². The van der Waals surface area contributed by atoms with Gasteiger partial charge in [0, 0.05) is 0 Å². The highest BCUT2D eigenvalue weighted by atomic mass is 32.2. The molecule has 2 aromatic rings. The Bertz CT molecular complexity index is 663. The third-order valence-corrected chi connectivity index (χ3v) is 3.88. The Balaban J connectivity index is 2.86. The van der Waals surface area contributed by atoms with Gasteiger partial charge in [0.1, 0.15) is 5.03 Å². The maximum atomic E-state index is 11.6. The number of sulfonamides is 1. The molecule has 0 aromatic carbocycles. The van der Waals surface area contributed by atoms with E-state index in [0.29, 0.717) is 22.8 Å². The van der Waals surface area contributed by atoms with Gasteiger partial charge in [-0.1, -0.05) is 6.92 Å². The highest BCUT2D eigenvalue weighted by Crippen LogP contribution is 2.19. The molecule has 0 aliphatic rings. The molecule has 2 aromatic heterocycles. The second kappa shape index (κ2) is 4.28. The number of hydrogen-bond acceptors (Lipinski definition) is 5. The molecular formula is C9H12N4O2S2. The fraction of sp³-hybridized carbons (Fsp3) is 0.333. The van der Waals surface area contributed by atoms with E-state index in [9.17, 15) is 8.42 Å². The van der Waals surface area contributed by atoms with Crippen molar-refractivity contribution in [3.8, 4) is 0 Å². The van der Waals surface area contributed by atoms with Gasteiger partial charge in [0.15, 0.2) is 10.7 Å². The van der Waals surface area contributed by atoms with Gasteiger partial charge in [-0.05, 0) is 24.8 Å². The van der Waals surface area contributed by atoms with Crippen LogP contribution >= 0.6 is 11.8 Å². The zero-order valence-electron chi connectivity index (χ0n) is 9.41. The maximum absolute atomic E-state index is 11.6. The van der Waals surface area contributed by atoms with Crippen LogP contribution in [-0.2, 0) is 16.4 Å². The van der Waals surface area contributed by atoms with Crippen molar-refractivity contribution in [3.05, 3.63) is 17.8 Å². The van der Waals surface area contributed by atoms with E-state index in [1.807, 2.05) is 13.2 Å². The van der Waals surface area contributed by atoms with Crippen molar-refractivity contribution in [1.29, 1.82) is 0 Å². The van der Waals surface area contributed by atoms with Crippen LogP contribution in [0, 0.1) is 0 Å². The van der Waals surface area contributed by atoms with Gasteiger partial charge >= 0.3 is 0 Å². The Kier molecular flexibility index (Phi) is 3.11. The lowest BCUT2D eigenvalue weighted by Gasteiger charge is -2.01. The number of thioether (sulfide) groups is 1. The quantitative estimate of drug-likeness (QED) is 0.829. The summed E-state index contributed by atoms with van der Waals surface area (Å²) in [6.07, 6.45) is 2.35. The van der Waals surface area contributed by atoms with Crippen LogP contribution in [0.15, 0.2) is 22.2 Å². The van der Waals surface area contributed by atoms with E-state index in [4.69, 9.17) is 5.14 Å². The van der Waals surface area contributed by atoms with Crippen molar-refractivity contribution >= 4 is 27.4 Å². The second-order valence-electron chi connectivity index (χ2n) is 3.41. The topological polar surface area (TPSA) is 90.3 Å². The second-order valence-corrected chi connectivity index (χ2v) is 5.71. The van der Waals surface area contributed by atoms with Crippen molar-refractivity contribution in [2.45, 2.75) is 23.4 Å². The van der Waals surface area contributed by atoms with Gasteiger partial charge in [-0.25, -0.2) is 18.5 Å². The zero-order chi connectivity index (χ0) is 12.6. The lowest BCUT2D eigenvalue weighted by molar-refractivity contribution is 0.586. The molecule has 0 amide bonds. The minimum absolute atomic E-state index is 0.0223. The molecule has 0 unspecified atom stereocenters. The number of hydrogen-bond donors (Lipinski definition) is 1. The molecule has 0 spiro atoms. The standard InChI is InChI=1S/C9H12N4O2S2/c1-3-6-9(17(10,14)15)13-7(11-6)4-5-8(12-13)16-2/h4-5H,3H2,1-2H3,(H2,10,14,15). The zero-order valence-corrected chi connectivity index (χ0v) is 11.0.